The summed E-state index contributed by atoms with van der Waals surface area (Å²) in [4.78, 5) is 11.1. The molecule has 0 spiro atoms. The second kappa shape index (κ2) is 5.73. The van der Waals surface area contributed by atoms with Crippen molar-refractivity contribution in [3.8, 4) is 0 Å². The van der Waals surface area contributed by atoms with E-state index in [4.69, 9.17) is 4.74 Å². The van der Waals surface area contributed by atoms with E-state index < -0.39 is 6.10 Å². The first kappa shape index (κ1) is 13.4. The van der Waals surface area contributed by atoms with Gasteiger partial charge < -0.3 is 9.84 Å². The quantitative estimate of drug-likeness (QED) is 0.875. The maximum absolute atomic E-state index is 9.57. The number of aryl methyl sites for hydroxylation is 1. The highest BCUT2D eigenvalue weighted by Gasteiger charge is 2.23. The molecule has 0 radical (unpaired) electrons. The summed E-state index contributed by atoms with van der Waals surface area (Å²) in [5.41, 5.74) is 1.61. The molecule has 1 N–H and O–H groups in total. The molecule has 18 heavy (non-hydrogen) atoms. The number of rotatable bonds is 3. The summed E-state index contributed by atoms with van der Waals surface area (Å²) in [6.07, 6.45) is 1.12. The van der Waals surface area contributed by atoms with E-state index >= 15 is 0 Å². The first-order chi connectivity index (χ1) is 8.61. The van der Waals surface area contributed by atoms with Crippen molar-refractivity contribution < 1.29 is 9.84 Å². The van der Waals surface area contributed by atoms with Crippen molar-refractivity contribution in [2.45, 2.75) is 33.0 Å². The predicted molar refractivity (Wildman–Crippen MR) is 68.2 cm³/mol. The average Bonchev–Trinajstić information content (AvgIpc) is 2.38. The molecule has 5 nitrogen and oxygen atoms in total. The van der Waals surface area contributed by atoms with Gasteiger partial charge in [-0.15, -0.1) is 0 Å². The van der Waals surface area contributed by atoms with E-state index in [1.807, 2.05) is 6.92 Å². The lowest BCUT2D eigenvalue weighted by Gasteiger charge is -2.31. The SMILES string of the molecule is CCN1CCOC(c2ncc(C(C)O)c(C)n2)C1. The number of aliphatic hydroxyl groups is 1. The number of aromatic nitrogens is 2. The van der Waals surface area contributed by atoms with Gasteiger partial charge in [-0.2, -0.15) is 0 Å². The van der Waals surface area contributed by atoms with E-state index in [1.54, 1.807) is 13.1 Å². The molecule has 0 saturated carbocycles. The first-order valence-electron chi connectivity index (χ1n) is 6.47. The Kier molecular flexibility index (Phi) is 4.27. The van der Waals surface area contributed by atoms with Crippen LogP contribution in [0.1, 0.15) is 43.1 Å². The summed E-state index contributed by atoms with van der Waals surface area (Å²) < 4.78 is 5.72. The molecule has 1 aromatic heterocycles. The minimum atomic E-state index is -0.529. The zero-order chi connectivity index (χ0) is 13.1. The average molecular weight is 251 g/mol. The number of nitrogens with zero attached hydrogens (tertiary/aromatic N) is 3. The number of aliphatic hydroxyl groups excluding tert-OH is 1. The molecule has 1 aliphatic rings. The molecule has 1 fully saturated rings. The topological polar surface area (TPSA) is 58.5 Å². The van der Waals surface area contributed by atoms with Crippen LogP contribution in [0.15, 0.2) is 6.20 Å². The van der Waals surface area contributed by atoms with Crippen LogP contribution in [0.2, 0.25) is 0 Å². The monoisotopic (exact) mass is 251 g/mol. The van der Waals surface area contributed by atoms with Crippen LogP contribution in [0.5, 0.6) is 0 Å². The van der Waals surface area contributed by atoms with Crippen molar-refractivity contribution in [2.75, 3.05) is 26.2 Å². The van der Waals surface area contributed by atoms with Crippen LogP contribution < -0.4 is 0 Å². The third-order valence-electron chi connectivity index (χ3n) is 3.37. The van der Waals surface area contributed by atoms with Crippen LogP contribution in [0.25, 0.3) is 0 Å². The van der Waals surface area contributed by atoms with Crippen molar-refractivity contribution in [1.82, 2.24) is 14.9 Å². The molecule has 100 valence electrons. The first-order valence-corrected chi connectivity index (χ1v) is 6.47. The second-order valence-corrected chi connectivity index (χ2v) is 4.70. The Hall–Kier alpha value is -1.04. The Bertz CT molecular complexity index is 409. The molecular weight excluding hydrogens is 230 g/mol. The standard InChI is InChI=1S/C13H21N3O2/c1-4-16-5-6-18-12(8-16)13-14-7-11(10(3)17)9(2)15-13/h7,10,12,17H,4-6,8H2,1-3H3. The maximum Gasteiger partial charge on any atom is 0.158 e. The van der Waals surface area contributed by atoms with Crippen LogP contribution in [0.3, 0.4) is 0 Å². The van der Waals surface area contributed by atoms with Crippen LogP contribution >= 0.6 is 0 Å². The molecule has 2 unspecified atom stereocenters. The maximum atomic E-state index is 9.57. The smallest absolute Gasteiger partial charge is 0.158 e. The summed E-state index contributed by atoms with van der Waals surface area (Å²) in [6.45, 7) is 9.31. The van der Waals surface area contributed by atoms with Gasteiger partial charge >= 0.3 is 0 Å². The molecule has 2 rings (SSSR count). The molecule has 1 saturated heterocycles. The highest BCUT2D eigenvalue weighted by Crippen LogP contribution is 2.21. The number of hydrogen-bond donors (Lipinski definition) is 1. The third-order valence-corrected chi connectivity index (χ3v) is 3.37. The lowest BCUT2D eigenvalue weighted by atomic mass is 10.1. The highest BCUT2D eigenvalue weighted by atomic mass is 16.5. The molecule has 1 aliphatic heterocycles. The minimum absolute atomic E-state index is 0.0551. The van der Waals surface area contributed by atoms with Gasteiger partial charge in [-0.3, -0.25) is 4.90 Å². The fraction of sp³-hybridized carbons (Fsp3) is 0.692. The molecule has 0 aliphatic carbocycles. The second-order valence-electron chi connectivity index (χ2n) is 4.70. The lowest BCUT2D eigenvalue weighted by molar-refractivity contribution is -0.0327. The van der Waals surface area contributed by atoms with Gasteiger partial charge in [-0.1, -0.05) is 6.92 Å². The van der Waals surface area contributed by atoms with Crippen molar-refractivity contribution in [3.63, 3.8) is 0 Å². The Labute approximate surface area is 108 Å². The molecule has 2 atom stereocenters. The van der Waals surface area contributed by atoms with E-state index in [1.165, 1.54) is 0 Å². The lowest BCUT2D eigenvalue weighted by Crippen LogP contribution is -2.38. The van der Waals surface area contributed by atoms with Crippen LogP contribution in [-0.4, -0.2) is 46.2 Å². The van der Waals surface area contributed by atoms with Gasteiger partial charge in [0.2, 0.25) is 0 Å². The summed E-state index contributed by atoms with van der Waals surface area (Å²) in [5, 5.41) is 9.57. The largest absolute Gasteiger partial charge is 0.389 e. The minimum Gasteiger partial charge on any atom is -0.389 e. The molecule has 0 aromatic carbocycles. The van der Waals surface area contributed by atoms with E-state index in [0.29, 0.717) is 0 Å². The fourth-order valence-corrected chi connectivity index (χ4v) is 2.21. The van der Waals surface area contributed by atoms with Gasteiger partial charge in [0.1, 0.15) is 6.10 Å². The van der Waals surface area contributed by atoms with Gasteiger partial charge in [-0.05, 0) is 20.4 Å². The summed E-state index contributed by atoms with van der Waals surface area (Å²) in [5.74, 6) is 0.718. The molecule has 0 bridgehead atoms. The van der Waals surface area contributed by atoms with Crippen LogP contribution in [0, 0.1) is 6.92 Å². The third kappa shape index (κ3) is 2.85. The molecule has 1 aromatic rings. The normalized spacial score (nSPS) is 23.0. The molecule has 5 heteroatoms. The van der Waals surface area contributed by atoms with Gasteiger partial charge in [0.25, 0.3) is 0 Å². The van der Waals surface area contributed by atoms with Crippen molar-refractivity contribution in [3.05, 3.63) is 23.3 Å². The number of morpholine rings is 1. The summed E-state index contributed by atoms with van der Waals surface area (Å²) in [6, 6.07) is 0. The van der Waals surface area contributed by atoms with E-state index in [-0.39, 0.29) is 6.10 Å². The van der Waals surface area contributed by atoms with E-state index in [0.717, 1.165) is 43.3 Å². The summed E-state index contributed by atoms with van der Waals surface area (Å²) >= 11 is 0. The van der Waals surface area contributed by atoms with Crippen LogP contribution in [0.4, 0.5) is 0 Å². The number of ether oxygens (including phenoxy) is 1. The van der Waals surface area contributed by atoms with Crippen molar-refractivity contribution in [2.24, 2.45) is 0 Å². The Morgan fingerprint density at radius 1 is 1.61 bits per heavy atom. The molecule has 2 heterocycles. The van der Waals surface area contributed by atoms with E-state index in [9.17, 15) is 5.11 Å². The summed E-state index contributed by atoms with van der Waals surface area (Å²) in [7, 11) is 0. The molecular formula is C13H21N3O2. The molecule has 0 amide bonds. The highest BCUT2D eigenvalue weighted by molar-refractivity contribution is 5.19. The Morgan fingerprint density at radius 3 is 3.00 bits per heavy atom. The zero-order valence-corrected chi connectivity index (χ0v) is 11.3. The van der Waals surface area contributed by atoms with Crippen LogP contribution in [-0.2, 0) is 4.74 Å². The fourth-order valence-electron chi connectivity index (χ4n) is 2.21. The van der Waals surface area contributed by atoms with E-state index in [2.05, 4.69) is 21.8 Å². The van der Waals surface area contributed by atoms with Crippen molar-refractivity contribution >= 4 is 0 Å². The zero-order valence-electron chi connectivity index (χ0n) is 11.3. The number of hydrogen-bond acceptors (Lipinski definition) is 5. The van der Waals surface area contributed by atoms with Gasteiger partial charge in [0, 0.05) is 30.5 Å². The Morgan fingerprint density at radius 2 is 2.39 bits per heavy atom. The van der Waals surface area contributed by atoms with Gasteiger partial charge in [0.05, 0.1) is 12.7 Å². The van der Waals surface area contributed by atoms with Gasteiger partial charge in [0.15, 0.2) is 5.82 Å². The van der Waals surface area contributed by atoms with Gasteiger partial charge in [-0.25, -0.2) is 9.97 Å². The number of likely N-dealkylation sites (N-methyl/N-ethyl adjacent to an activating group) is 1. The van der Waals surface area contributed by atoms with Crippen molar-refractivity contribution in [1.29, 1.82) is 0 Å². The Balaban J connectivity index is 2.16. The predicted octanol–water partition coefficient (Wildman–Crippen LogP) is 1.23.